The van der Waals surface area contributed by atoms with Gasteiger partial charge in [-0.05, 0) is 109 Å². The highest BCUT2D eigenvalue weighted by Gasteiger charge is 2.26. The van der Waals surface area contributed by atoms with Crippen molar-refractivity contribution in [1.82, 2.24) is 0 Å². The van der Waals surface area contributed by atoms with Crippen molar-refractivity contribution >= 4 is 55.3 Å². The van der Waals surface area contributed by atoms with Crippen LogP contribution in [0.2, 0.25) is 0 Å². The lowest BCUT2D eigenvalue weighted by Crippen LogP contribution is -2.09. The molecule has 5 aromatic rings. The van der Waals surface area contributed by atoms with Crippen LogP contribution in [0.25, 0.3) is 20.2 Å². The van der Waals surface area contributed by atoms with Crippen molar-refractivity contribution in [3.63, 3.8) is 0 Å². The van der Waals surface area contributed by atoms with Gasteiger partial charge in [0.15, 0.2) is 0 Å². The smallest absolute Gasteiger partial charge is 0.0699 e. The first kappa shape index (κ1) is 35.2. The minimum atomic E-state index is 0.618. The number of benzene rings is 4. The van der Waals surface area contributed by atoms with E-state index < -0.39 is 0 Å². The van der Waals surface area contributed by atoms with E-state index in [1.165, 1.54) is 193 Å². The summed E-state index contributed by atoms with van der Waals surface area (Å²) in [6.45, 7) is 0. The first-order valence-corrected chi connectivity index (χ1v) is 22.4. The molecule has 0 amide bonds. The second kappa shape index (κ2) is 16.4. The Labute approximate surface area is 322 Å². The maximum atomic E-state index is 5.68. The molecule has 4 saturated carbocycles. The fourth-order valence-electron chi connectivity index (χ4n) is 10.8. The Morgan fingerprint density at radius 3 is 1.32 bits per heavy atom. The number of fused-ring (bicyclic) bond motifs is 3. The van der Waals surface area contributed by atoms with E-state index in [0.717, 1.165) is 0 Å². The number of nitrogens with zero attached hydrogens (tertiary/aromatic N) is 2. The Bertz CT molecular complexity index is 2000. The third-order valence-corrected chi connectivity index (χ3v) is 14.8. The summed E-state index contributed by atoms with van der Waals surface area (Å²) in [6, 6.07) is 28.0. The second-order valence-corrected chi connectivity index (χ2v) is 18.0. The van der Waals surface area contributed by atoms with Gasteiger partial charge in [0.1, 0.15) is 0 Å². The summed E-state index contributed by atoms with van der Waals surface area (Å²) in [7, 11) is 0. The minimum Gasteiger partial charge on any atom is -0.256 e. The van der Waals surface area contributed by atoms with Gasteiger partial charge in [0.05, 0.1) is 11.4 Å². The highest BCUT2D eigenvalue weighted by Crippen LogP contribution is 2.47. The molecule has 0 radical (unpaired) electrons. The van der Waals surface area contributed by atoms with E-state index in [9.17, 15) is 0 Å². The van der Waals surface area contributed by atoms with Gasteiger partial charge in [-0.3, -0.25) is 9.98 Å². The van der Waals surface area contributed by atoms with Crippen LogP contribution < -0.4 is 0 Å². The molecule has 1 heterocycles. The van der Waals surface area contributed by atoms with E-state index in [-0.39, 0.29) is 0 Å². The predicted molar refractivity (Wildman–Crippen MR) is 230 cm³/mol. The zero-order chi connectivity index (χ0) is 35.4. The molecule has 274 valence electrons. The summed E-state index contributed by atoms with van der Waals surface area (Å²) < 4.78 is 2.68. The van der Waals surface area contributed by atoms with Crippen LogP contribution in [-0.2, 0) is 0 Å². The zero-order valence-corrected chi connectivity index (χ0v) is 32.7. The van der Waals surface area contributed by atoms with Gasteiger partial charge in [-0.15, -0.1) is 11.3 Å². The molecule has 0 aliphatic heterocycles. The van der Waals surface area contributed by atoms with Crippen molar-refractivity contribution in [3.05, 3.63) is 106 Å². The monoisotopic (exact) mass is 718 g/mol. The first-order chi connectivity index (χ1) is 26.3. The average molecular weight is 719 g/mol. The van der Waals surface area contributed by atoms with E-state index in [4.69, 9.17) is 9.98 Å². The van der Waals surface area contributed by atoms with Gasteiger partial charge in [-0.2, -0.15) is 0 Å². The molecule has 4 aliphatic rings. The third-order valence-electron chi connectivity index (χ3n) is 13.6. The molecule has 0 saturated heterocycles. The van der Waals surface area contributed by atoms with E-state index in [0.29, 0.717) is 23.7 Å². The van der Waals surface area contributed by atoms with Crippen LogP contribution >= 0.6 is 11.3 Å². The summed E-state index contributed by atoms with van der Waals surface area (Å²) in [6.07, 6.45) is 31.1. The molecule has 53 heavy (non-hydrogen) atoms. The number of hydrogen-bond acceptors (Lipinski definition) is 3. The normalized spacial score (nSPS) is 20.4. The van der Waals surface area contributed by atoms with Crippen LogP contribution in [0, 0.1) is 0 Å². The second-order valence-electron chi connectivity index (χ2n) is 17.0. The van der Waals surface area contributed by atoms with Crippen LogP contribution in [0.1, 0.15) is 185 Å². The van der Waals surface area contributed by atoms with Crippen molar-refractivity contribution in [1.29, 1.82) is 0 Å². The molecule has 1 aromatic heterocycles. The van der Waals surface area contributed by atoms with E-state index in [1.807, 2.05) is 11.3 Å². The van der Waals surface area contributed by atoms with Crippen molar-refractivity contribution in [2.24, 2.45) is 9.98 Å². The molecule has 9 rings (SSSR count). The maximum absolute atomic E-state index is 5.68. The molecule has 0 N–H and O–H groups in total. The quantitative estimate of drug-likeness (QED) is 0.143. The molecule has 4 aliphatic carbocycles. The van der Waals surface area contributed by atoms with Crippen LogP contribution in [0.4, 0.5) is 11.4 Å². The Morgan fingerprint density at radius 1 is 0.415 bits per heavy atom. The van der Waals surface area contributed by atoms with E-state index >= 15 is 0 Å². The molecule has 2 nitrogen and oxygen atoms in total. The molecule has 0 spiro atoms. The van der Waals surface area contributed by atoms with E-state index in [1.54, 1.807) is 0 Å². The highest BCUT2D eigenvalue weighted by molar-refractivity contribution is 7.25. The molecule has 3 heteroatoms. The highest BCUT2D eigenvalue weighted by atomic mass is 32.1. The molecule has 4 fully saturated rings. The molecule has 0 bridgehead atoms. The molecular weight excluding hydrogens is 661 g/mol. The largest absolute Gasteiger partial charge is 0.256 e. The van der Waals surface area contributed by atoms with Gasteiger partial charge in [-0.25, -0.2) is 0 Å². The van der Waals surface area contributed by atoms with Crippen LogP contribution in [0.15, 0.2) is 82.8 Å². The van der Waals surface area contributed by atoms with Crippen molar-refractivity contribution < 1.29 is 0 Å². The van der Waals surface area contributed by atoms with Gasteiger partial charge in [0.25, 0.3) is 0 Å². The Kier molecular flexibility index (Phi) is 10.9. The summed E-state index contributed by atoms with van der Waals surface area (Å²) in [5.41, 5.74) is 11.0. The Hall–Kier alpha value is -3.56. The summed E-state index contributed by atoms with van der Waals surface area (Å²) in [5, 5.41) is 2.67. The zero-order valence-electron chi connectivity index (χ0n) is 31.8. The fraction of sp³-hybridized carbons (Fsp3) is 0.480. The Morgan fingerprint density at radius 2 is 0.849 bits per heavy atom. The standard InChI is InChI=1S/C50H58N2S/c1-5-17-35(18-6-1)40-26-15-27-41(36-19-7-2-8-20-36)49(40)51-33-39-31-32-47-48(44-25-13-14-30-46(44)53-47)45(39)34-52-50-42(37-21-9-3-10-22-37)28-16-29-43(50)38-23-11-4-12-24-38/h13-16,25-38H,1-12,17-24H2. The van der Waals surface area contributed by atoms with Crippen molar-refractivity contribution in [3.8, 4) is 0 Å². The fourth-order valence-corrected chi connectivity index (χ4v) is 11.9. The van der Waals surface area contributed by atoms with E-state index in [2.05, 4.69) is 85.2 Å². The molecular formula is C50H58N2S. The first-order valence-electron chi connectivity index (χ1n) is 21.6. The topological polar surface area (TPSA) is 24.7 Å². The van der Waals surface area contributed by atoms with Crippen molar-refractivity contribution in [2.45, 2.75) is 152 Å². The maximum Gasteiger partial charge on any atom is 0.0699 e. The number of aliphatic imine (C=N–C) groups is 2. The summed E-state index contributed by atoms with van der Waals surface area (Å²) in [5.74, 6) is 2.48. The summed E-state index contributed by atoms with van der Waals surface area (Å²) in [4.78, 5) is 11.3. The third kappa shape index (κ3) is 7.45. The number of para-hydroxylation sites is 2. The average Bonchev–Trinajstić information content (AvgIpc) is 3.62. The molecule has 0 unspecified atom stereocenters. The van der Waals surface area contributed by atoms with Gasteiger partial charge in [0.2, 0.25) is 0 Å². The van der Waals surface area contributed by atoms with Gasteiger partial charge < -0.3 is 0 Å². The van der Waals surface area contributed by atoms with Gasteiger partial charge >= 0.3 is 0 Å². The molecule has 4 aromatic carbocycles. The lowest BCUT2D eigenvalue weighted by molar-refractivity contribution is 0.436. The number of rotatable bonds is 8. The molecule has 0 atom stereocenters. The minimum absolute atomic E-state index is 0.618. The van der Waals surface area contributed by atoms with Crippen molar-refractivity contribution in [2.75, 3.05) is 0 Å². The SMILES string of the molecule is C(=Nc1c(C2CCCCC2)cccc1C1CCCCC1)c1ccc2sc3ccccc3c2c1C=Nc1c(C2CCCCC2)cccc1C1CCCCC1. The van der Waals surface area contributed by atoms with Crippen LogP contribution in [-0.4, -0.2) is 12.4 Å². The van der Waals surface area contributed by atoms with Gasteiger partial charge in [0, 0.05) is 43.7 Å². The number of thiophene rings is 1. The predicted octanol–water partition coefficient (Wildman–Crippen LogP) is 15.7. The number of hydrogen-bond donors (Lipinski definition) is 0. The van der Waals surface area contributed by atoms with Crippen LogP contribution in [0.5, 0.6) is 0 Å². The lowest BCUT2D eigenvalue weighted by Gasteiger charge is -2.28. The van der Waals surface area contributed by atoms with Gasteiger partial charge in [-0.1, -0.05) is 138 Å². The lowest BCUT2D eigenvalue weighted by atomic mass is 9.78. The summed E-state index contributed by atoms with van der Waals surface area (Å²) >= 11 is 1.91. The van der Waals surface area contributed by atoms with Crippen LogP contribution in [0.3, 0.4) is 0 Å². The Balaban J connectivity index is 1.19.